The molecule has 0 bridgehead atoms. The van der Waals surface area contributed by atoms with E-state index in [4.69, 9.17) is 15.2 Å². The normalized spacial score (nSPS) is 21.2. The van der Waals surface area contributed by atoms with Gasteiger partial charge in [0, 0.05) is 30.6 Å². The van der Waals surface area contributed by atoms with E-state index in [1.165, 1.54) is 18.2 Å². The summed E-state index contributed by atoms with van der Waals surface area (Å²) in [6, 6.07) is 5.86. The minimum Gasteiger partial charge on any atom is -0.469 e. The topological polar surface area (TPSA) is 90.7 Å². The summed E-state index contributed by atoms with van der Waals surface area (Å²) < 4.78 is 10.9. The lowest BCUT2D eigenvalue weighted by Crippen LogP contribution is -2.59. The lowest BCUT2D eigenvalue weighted by Gasteiger charge is -2.49. The van der Waals surface area contributed by atoms with Crippen LogP contribution in [0.15, 0.2) is 18.2 Å². The molecule has 0 radical (unpaired) electrons. The molecule has 0 saturated heterocycles. The Morgan fingerprint density at radius 2 is 1.90 bits per heavy atom. The van der Waals surface area contributed by atoms with E-state index in [2.05, 4.69) is 19.2 Å². The second-order valence-electron chi connectivity index (χ2n) is 8.67. The lowest BCUT2D eigenvalue weighted by atomic mass is 9.62. The highest BCUT2D eigenvalue weighted by Crippen LogP contribution is 2.44. The third-order valence-corrected chi connectivity index (χ3v) is 7.01. The molecule has 1 aromatic rings. The van der Waals surface area contributed by atoms with Gasteiger partial charge in [0.2, 0.25) is 5.91 Å². The minimum atomic E-state index is -0.407. The Hall–Kier alpha value is -1.92. The summed E-state index contributed by atoms with van der Waals surface area (Å²) in [6.07, 6.45) is 3.29. The van der Waals surface area contributed by atoms with Crippen LogP contribution in [0.1, 0.15) is 68.4 Å². The molecule has 0 heterocycles. The van der Waals surface area contributed by atoms with Gasteiger partial charge >= 0.3 is 5.97 Å². The number of hydrogen-bond acceptors (Lipinski definition) is 5. The molecule has 3 N–H and O–H groups in total. The zero-order chi connectivity index (χ0) is 22.5. The maximum Gasteiger partial charge on any atom is 0.308 e. The largest absolute Gasteiger partial charge is 0.469 e. The first kappa shape index (κ1) is 24.4. The van der Waals surface area contributed by atoms with Crippen molar-refractivity contribution in [1.82, 2.24) is 5.32 Å². The van der Waals surface area contributed by atoms with Crippen LogP contribution in [0.4, 0.5) is 0 Å². The number of methoxy groups -OCH3 is 2. The van der Waals surface area contributed by atoms with E-state index >= 15 is 0 Å². The van der Waals surface area contributed by atoms with Gasteiger partial charge in [0.1, 0.15) is 0 Å². The number of ether oxygens (including phenoxy) is 2. The number of hydrogen-bond donors (Lipinski definition) is 2. The number of primary amides is 1. The van der Waals surface area contributed by atoms with E-state index < -0.39 is 5.91 Å². The highest BCUT2D eigenvalue weighted by Gasteiger charge is 2.46. The van der Waals surface area contributed by atoms with Gasteiger partial charge in [-0.25, -0.2) is 0 Å². The Morgan fingerprint density at radius 1 is 1.23 bits per heavy atom. The predicted octanol–water partition coefficient (Wildman–Crippen LogP) is 3.21. The van der Waals surface area contributed by atoms with Gasteiger partial charge in [-0.3, -0.25) is 9.59 Å². The van der Waals surface area contributed by atoms with Crippen LogP contribution in [0.3, 0.4) is 0 Å². The van der Waals surface area contributed by atoms with Gasteiger partial charge in [-0.1, -0.05) is 33.8 Å². The molecule has 1 aromatic carbocycles. The van der Waals surface area contributed by atoms with Gasteiger partial charge in [-0.2, -0.15) is 0 Å². The Labute approximate surface area is 180 Å². The number of carbonyl (C=O) groups is 2. The standard InChI is InChI=1S/C24H38N2O4/c1-7-24(8-2)19-13-17(22(25)27)10-9-16(19)14-20(29-5)21(24)26-12-11-18(15(3)4)23(28)30-6/h9-10,13,15,18,20-21,26H,7-8,11-12,14H2,1-6H3,(H2,25,27)/t18-,20-,21-/m1/s1. The smallest absolute Gasteiger partial charge is 0.308 e. The zero-order valence-corrected chi connectivity index (χ0v) is 19.3. The van der Waals surface area contributed by atoms with Gasteiger partial charge in [-0.05, 0) is 55.0 Å². The molecule has 0 saturated carbocycles. The molecule has 6 nitrogen and oxygen atoms in total. The molecular formula is C24H38N2O4. The van der Waals surface area contributed by atoms with Gasteiger partial charge in [-0.15, -0.1) is 0 Å². The van der Waals surface area contributed by atoms with E-state index in [0.717, 1.165) is 19.3 Å². The Kier molecular flexibility index (Phi) is 8.44. The van der Waals surface area contributed by atoms with Crippen LogP contribution < -0.4 is 11.1 Å². The first-order valence-corrected chi connectivity index (χ1v) is 11.0. The average Bonchev–Trinajstić information content (AvgIpc) is 2.74. The molecule has 168 valence electrons. The molecule has 1 aliphatic carbocycles. The van der Waals surface area contributed by atoms with Crippen molar-refractivity contribution in [2.45, 2.75) is 70.9 Å². The Bertz CT molecular complexity index is 743. The molecule has 0 aromatic heterocycles. The second-order valence-corrected chi connectivity index (χ2v) is 8.67. The van der Waals surface area contributed by atoms with Crippen LogP contribution in [-0.4, -0.2) is 44.8 Å². The fourth-order valence-electron chi connectivity index (χ4n) is 5.12. The molecule has 30 heavy (non-hydrogen) atoms. The highest BCUT2D eigenvalue weighted by molar-refractivity contribution is 5.93. The highest BCUT2D eigenvalue weighted by atomic mass is 16.5. The maximum absolute atomic E-state index is 12.1. The van der Waals surface area contributed by atoms with E-state index in [-0.39, 0.29) is 35.4 Å². The van der Waals surface area contributed by atoms with E-state index in [9.17, 15) is 9.59 Å². The molecule has 6 heteroatoms. The van der Waals surface area contributed by atoms with Crippen molar-refractivity contribution < 1.29 is 19.1 Å². The number of nitrogens with two attached hydrogens (primary N) is 1. The number of esters is 1. The van der Waals surface area contributed by atoms with Gasteiger partial charge in [0.25, 0.3) is 0 Å². The Balaban J connectivity index is 2.35. The predicted molar refractivity (Wildman–Crippen MR) is 118 cm³/mol. The van der Waals surface area contributed by atoms with Crippen LogP contribution in [0, 0.1) is 11.8 Å². The van der Waals surface area contributed by atoms with Crippen LogP contribution in [0.25, 0.3) is 0 Å². The number of amides is 1. The molecule has 0 fully saturated rings. The first-order valence-electron chi connectivity index (χ1n) is 11.0. The van der Waals surface area contributed by atoms with E-state index in [1.54, 1.807) is 13.2 Å². The molecule has 2 rings (SSSR count). The maximum atomic E-state index is 12.1. The third kappa shape index (κ3) is 4.70. The fraction of sp³-hybridized carbons (Fsp3) is 0.667. The zero-order valence-electron chi connectivity index (χ0n) is 19.3. The van der Waals surface area contributed by atoms with Gasteiger partial charge in [0.15, 0.2) is 0 Å². The fourth-order valence-corrected chi connectivity index (χ4v) is 5.12. The van der Waals surface area contributed by atoms with Gasteiger partial charge in [0.05, 0.1) is 19.1 Å². The number of fused-ring (bicyclic) bond motifs is 1. The van der Waals surface area contributed by atoms with Crippen molar-refractivity contribution >= 4 is 11.9 Å². The monoisotopic (exact) mass is 418 g/mol. The summed E-state index contributed by atoms with van der Waals surface area (Å²) in [6.45, 7) is 9.15. The molecule has 3 atom stereocenters. The van der Waals surface area contributed by atoms with E-state index in [0.29, 0.717) is 18.5 Å². The number of carbonyl (C=O) groups excluding carboxylic acids is 2. The molecule has 0 aliphatic heterocycles. The summed E-state index contributed by atoms with van der Waals surface area (Å²) in [7, 11) is 3.20. The van der Waals surface area contributed by atoms with Crippen LogP contribution in [0.5, 0.6) is 0 Å². The molecule has 1 amide bonds. The van der Waals surface area contributed by atoms with Crippen LogP contribution in [-0.2, 0) is 26.1 Å². The van der Waals surface area contributed by atoms with Crippen molar-refractivity contribution in [2.75, 3.05) is 20.8 Å². The minimum absolute atomic E-state index is 0.00690. The summed E-state index contributed by atoms with van der Waals surface area (Å²) in [5.74, 6) is -0.495. The summed E-state index contributed by atoms with van der Waals surface area (Å²) >= 11 is 0. The second kappa shape index (κ2) is 10.4. The molecule has 0 unspecified atom stereocenters. The lowest BCUT2D eigenvalue weighted by molar-refractivity contribution is -0.147. The third-order valence-electron chi connectivity index (χ3n) is 7.01. The molecule has 0 spiro atoms. The Morgan fingerprint density at radius 3 is 2.40 bits per heavy atom. The molecular weight excluding hydrogens is 380 g/mol. The summed E-state index contributed by atoms with van der Waals surface area (Å²) in [5.41, 5.74) is 8.32. The van der Waals surface area contributed by atoms with Gasteiger partial charge < -0.3 is 20.5 Å². The summed E-state index contributed by atoms with van der Waals surface area (Å²) in [5, 5.41) is 3.72. The van der Waals surface area contributed by atoms with Crippen molar-refractivity contribution in [3.05, 3.63) is 34.9 Å². The number of rotatable bonds is 10. The van der Waals surface area contributed by atoms with Crippen molar-refractivity contribution in [2.24, 2.45) is 17.6 Å². The van der Waals surface area contributed by atoms with Crippen LogP contribution >= 0.6 is 0 Å². The number of benzene rings is 1. The van der Waals surface area contributed by atoms with Crippen molar-refractivity contribution in [1.29, 1.82) is 0 Å². The summed E-state index contributed by atoms with van der Waals surface area (Å²) in [4.78, 5) is 24.0. The van der Waals surface area contributed by atoms with E-state index in [1.807, 2.05) is 26.0 Å². The molecule has 1 aliphatic rings. The van der Waals surface area contributed by atoms with Crippen LogP contribution in [0.2, 0.25) is 0 Å². The average molecular weight is 419 g/mol. The van der Waals surface area contributed by atoms with Crippen molar-refractivity contribution in [3.63, 3.8) is 0 Å². The SMILES string of the molecule is CCC1(CC)c2cc(C(N)=O)ccc2C[C@@H](OC)[C@H]1NCC[C@@H](C(=O)OC)C(C)C. The quantitative estimate of drug-likeness (QED) is 0.570. The first-order chi connectivity index (χ1) is 14.2. The van der Waals surface area contributed by atoms with Crippen molar-refractivity contribution in [3.8, 4) is 0 Å². The number of nitrogens with one attached hydrogen (secondary N) is 1.